The molecule has 3 atom stereocenters. The summed E-state index contributed by atoms with van der Waals surface area (Å²) in [5, 5.41) is 60.9. The number of amides is 2. The van der Waals surface area contributed by atoms with Gasteiger partial charge in [0.15, 0.2) is 6.10 Å². The van der Waals surface area contributed by atoms with Gasteiger partial charge in [0.2, 0.25) is 0 Å². The van der Waals surface area contributed by atoms with Crippen LogP contribution in [0.4, 0.5) is 5.69 Å². The molecule has 28 heavy (non-hydrogen) atoms. The Morgan fingerprint density at radius 1 is 0.929 bits per heavy atom. The van der Waals surface area contributed by atoms with Crippen molar-refractivity contribution in [3.63, 3.8) is 0 Å². The third-order valence-electron chi connectivity index (χ3n) is 3.57. The number of rotatable bonds is 9. The molecule has 0 saturated heterocycles. The Hall–Kier alpha value is 0.110. The molecule has 0 aliphatic rings. The summed E-state index contributed by atoms with van der Waals surface area (Å²) >= 11 is 5.57. The van der Waals surface area contributed by atoms with Crippen LogP contribution in [0.2, 0.25) is 0 Å². The molecule has 8 N–H and O–H groups in total. The molecule has 0 fully saturated rings. The molecule has 0 bridgehead atoms. The van der Waals surface area contributed by atoms with Crippen LogP contribution in [0.25, 0.3) is 0 Å². The predicted octanol–water partition coefficient (Wildman–Crippen LogP) is -1.27. The highest BCUT2D eigenvalue weighted by molar-refractivity contribution is 14.1. The molecule has 0 saturated carbocycles. The van der Waals surface area contributed by atoms with Gasteiger partial charge in [-0.25, -0.2) is 0 Å². The average molecular weight is 736 g/mol. The zero-order valence-corrected chi connectivity index (χ0v) is 20.7. The van der Waals surface area contributed by atoms with E-state index < -0.39 is 49.9 Å². The fourth-order valence-corrected chi connectivity index (χ4v) is 6.27. The van der Waals surface area contributed by atoms with E-state index in [0.29, 0.717) is 16.3 Å². The number of carbonyl (C=O) groups excluding carboxylic acids is 2. The van der Waals surface area contributed by atoms with Crippen molar-refractivity contribution in [3.05, 3.63) is 21.8 Å². The van der Waals surface area contributed by atoms with Crippen LogP contribution in [0.1, 0.15) is 15.9 Å². The Balaban J connectivity index is 3.34. The first-order valence-electron chi connectivity index (χ1n) is 7.75. The monoisotopic (exact) mass is 736 g/mol. The van der Waals surface area contributed by atoms with Gasteiger partial charge in [0.1, 0.15) is 6.10 Å². The average Bonchev–Trinajstić information content (AvgIpc) is 2.68. The van der Waals surface area contributed by atoms with Crippen LogP contribution in [-0.4, -0.2) is 80.5 Å². The Bertz CT molecular complexity index is 734. The molecular weight excluding hydrogens is 717 g/mol. The lowest BCUT2D eigenvalue weighted by Gasteiger charge is -2.21. The van der Waals surface area contributed by atoms with Gasteiger partial charge in [-0.2, -0.15) is 0 Å². The standard InChI is InChI=1S/C15H19I3N2O8/c16-9-6(3-22)10(17)12(20-15(28)13(26)7(25)4-23)11(18)8(9)14(27)19-1-5(24)2-21/h5,7,13,21-26H,1-4H2,(H,19,27)(H,20,28). The van der Waals surface area contributed by atoms with Crippen LogP contribution < -0.4 is 10.6 Å². The first-order valence-corrected chi connectivity index (χ1v) is 11.0. The van der Waals surface area contributed by atoms with E-state index in [1.165, 1.54) is 0 Å². The molecule has 13 heteroatoms. The molecule has 0 aliphatic carbocycles. The first-order chi connectivity index (χ1) is 13.1. The number of nitrogens with one attached hydrogen (secondary N) is 2. The van der Waals surface area contributed by atoms with Crippen molar-refractivity contribution in [1.82, 2.24) is 5.32 Å². The second kappa shape index (κ2) is 12.1. The van der Waals surface area contributed by atoms with E-state index in [1.807, 2.05) is 67.8 Å². The summed E-state index contributed by atoms with van der Waals surface area (Å²) in [7, 11) is 0. The van der Waals surface area contributed by atoms with Gasteiger partial charge in [-0.15, -0.1) is 0 Å². The molecule has 2 amide bonds. The summed E-state index contributed by atoms with van der Waals surface area (Å²) < 4.78 is 1.16. The third-order valence-corrected chi connectivity index (χ3v) is 7.03. The smallest absolute Gasteiger partial charge is 0.256 e. The Labute approximate surface area is 201 Å². The lowest BCUT2D eigenvalue weighted by atomic mass is 10.1. The normalized spacial score (nSPS) is 14.3. The summed E-state index contributed by atoms with van der Waals surface area (Å²) in [5.41, 5.74) is 0.637. The fourth-order valence-electron chi connectivity index (χ4n) is 2.00. The summed E-state index contributed by atoms with van der Waals surface area (Å²) in [4.78, 5) is 24.8. The van der Waals surface area contributed by atoms with E-state index in [9.17, 15) is 30.0 Å². The Morgan fingerprint density at radius 3 is 2.04 bits per heavy atom. The number of anilines is 1. The molecule has 0 radical (unpaired) electrons. The molecule has 1 rings (SSSR count). The number of aliphatic hydroxyl groups is 6. The second-order valence-electron chi connectivity index (χ2n) is 5.56. The number of benzene rings is 1. The zero-order valence-electron chi connectivity index (χ0n) is 14.2. The molecule has 1 aromatic rings. The van der Waals surface area contributed by atoms with Gasteiger partial charge >= 0.3 is 0 Å². The summed E-state index contributed by atoms with van der Waals surface area (Å²) in [5.74, 6) is -1.59. The molecule has 3 unspecified atom stereocenters. The number of aliphatic hydroxyl groups excluding tert-OH is 6. The zero-order chi connectivity index (χ0) is 21.6. The summed E-state index contributed by atoms with van der Waals surface area (Å²) in [6.45, 7) is -1.99. The Morgan fingerprint density at radius 2 is 1.54 bits per heavy atom. The van der Waals surface area contributed by atoms with Gasteiger partial charge in [-0.05, 0) is 67.8 Å². The van der Waals surface area contributed by atoms with Crippen LogP contribution >= 0.6 is 67.8 Å². The van der Waals surface area contributed by atoms with Crippen molar-refractivity contribution in [2.24, 2.45) is 0 Å². The van der Waals surface area contributed by atoms with E-state index >= 15 is 0 Å². The van der Waals surface area contributed by atoms with Gasteiger partial charge in [-0.3, -0.25) is 9.59 Å². The lowest BCUT2D eigenvalue weighted by Crippen LogP contribution is -2.40. The third kappa shape index (κ3) is 6.30. The van der Waals surface area contributed by atoms with Crippen molar-refractivity contribution in [1.29, 1.82) is 0 Å². The fraction of sp³-hybridized carbons (Fsp3) is 0.467. The maximum atomic E-state index is 12.6. The van der Waals surface area contributed by atoms with Gasteiger partial charge in [0, 0.05) is 19.2 Å². The SMILES string of the molecule is O=C(NCC(O)CO)c1c(I)c(CO)c(I)c(NC(=O)C(O)C(O)CO)c1I. The maximum Gasteiger partial charge on any atom is 0.256 e. The first kappa shape index (κ1) is 26.1. The molecule has 0 aliphatic heterocycles. The molecular formula is C15H19I3N2O8. The minimum absolute atomic E-state index is 0.128. The van der Waals surface area contributed by atoms with Gasteiger partial charge < -0.3 is 41.3 Å². The van der Waals surface area contributed by atoms with Crippen LogP contribution in [0.3, 0.4) is 0 Å². The van der Waals surface area contributed by atoms with E-state index in [2.05, 4.69) is 10.6 Å². The number of hydrogen-bond donors (Lipinski definition) is 8. The van der Waals surface area contributed by atoms with Crippen LogP contribution in [0.5, 0.6) is 0 Å². The molecule has 0 aromatic heterocycles. The Kier molecular flexibility index (Phi) is 11.3. The van der Waals surface area contributed by atoms with Crippen molar-refractivity contribution >= 4 is 85.3 Å². The summed E-state index contributed by atoms with van der Waals surface area (Å²) in [6.07, 6.45) is -4.72. The van der Waals surface area contributed by atoms with Crippen LogP contribution in [0.15, 0.2) is 0 Å². The minimum Gasteiger partial charge on any atom is -0.394 e. The van der Waals surface area contributed by atoms with E-state index in [0.717, 1.165) is 0 Å². The lowest BCUT2D eigenvalue weighted by molar-refractivity contribution is -0.131. The molecule has 0 spiro atoms. The molecule has 1 aromatic carbocycles. The largest absolute Gasteiger partial charge is 0.394 e. The second-order valence-corrected chi connectivity index (χ2v) is 8.80. The number of halogens is 3. The molecule has 158 valence electrons. The van der Waals surface area contributed by atoms with Crippen molar-refractivity contribution in [3.8, 4) is 0 Å². The summed E-state index contributed by atoms with van der Waals surface area (Å²) in [6, 6.07) is 0. The van der Waals surface area contributed by atoms with Gasteiger partial charge in [-0.1, -0.05) is 0 Å². The topological polar surface area (TPSA) is 180 Å². The molecule has 0 heterocycles. The predicted molar refractivity (Wildman–Crippen MR) is 124 cm³/mol. The van der Waals surface area contributed by atoms with Crippen molar-refractivity contribution in [2.75, 3.05) is 25.1 Å². The number of carbonyl (C=O) groups is 2. The van der Waals surface area contributed by atoms with Gasteiger partial charge in [0.05, 0.1) is 40.7 Å². The van der Waals surface area contributed by atoms with Crippen LogP contribution in [0, 0.1) is 10.7 Å². The molecule has 10 nitrogen and oxygen atoms in total. The quantitative estimate of drug-likeness (QED) is 0.145. The highest BCUT2D eigenvalue weighted by atomic mass is 127. The van der Waals surface area contributed by atoms with Crippen molar-refractivity contribution < 1.29 is 40.2 Å². The van der Waals surface area contributed by atoms with E-state index in [4.69, 9.17) is 10.2 Å². The van der Waals surface area contributed by atoms with E-state index in [-0.39, 0.29) is 17.8 Å². The van der Waals surface area contributed by atoms with Crippen molar-refractivity contribution in [2.45, 2.75) is 24.9 Å². The van der Waals surface area contributed by atoms with Crippen LogP contribution in [-0.2, 0) is 11.4 Å². The van der Waals surface area contributed by atoms with Gasteiger partial charge in [0.25, 0.3) is 11.8 Å². The highest BCUT2D eigenvalue weighted by Gasteiger charge is 2.29. The minimum atomic E-state index is -1.90. The highest BCUT2D eigenvalue weighted by Crippen LogP contribution is 2.35. The number of hydrogen-bond acceptors (Lipinski definition) is 8. The maximum absolute atomic E-state index is 12.6. The van der Waals surface area contributed by atoms with E-state index in [1.54, 1.807) is 0 Å².